The summed E-state index contributed by atoms with van der Waals surface area (Å²) in [7, 11) is 0. The number of carbonyl (C=O) groups is 1. The fraction of sp³-hybridized carbons (Fsp3) is 0.450. The first-order valence-electron chi connectivity index (χ1n) is 8.94. The number of carbonyl (C=O) groups excluding carboxylic acids is 1. The number of nitrogens with one attached hydrogen (secondary N) is 2. The maximum Gasteiger partial charge on any atom is 0.256 e. The van der Waals surface area contributed by atoms with Crippen LogP contribution in [0.15, 0.2) is 22.7 Å². The van der Waals surface area contributed by atoms with Crippen LogP contribution in [-0.4, -0.2) is 11.0 Å². The van der Waals surface area contributed by atoms with E-state index in [-0.39, 0.29) is 17.1 Å². The van der Waals surface area contributed by atoms with Gasteiger partial charge in [-0.1, -0.05) is 36.7 Å². The number of thiophene rings is 1. The van der Waals surface area contributed by atoms with Crippen LogP contribution in [-0.2, 0) is 12.8 Å². The van der Waals surface area contributed by atoms with Crippen LogP contribution in [0.1, 0.15) is 59.7 Å². The molecule has 0 radical (unpaired) electrons. The predicted octanol–water partition coefficient (Wildman–Crippen LogP) is 5.22. The van der Waals surface area contributed by atoms with E-state index in [4.69, 9.17) is 0 Å². The number of amides is 1. The van der Waals surface area contributed by atoms with E-state index < -0.39 is 6.17 Å². The average molecular weight is 435 g/mol. The molecule has 1 aromatic heterocycles. The second-order valence-electron chi connectivity index (χ2n) is 8.27. The van der Waals surface area contributed by atoms with Crippen molar-refractivity contribution in [2.24, 2.45) is 11.3 Å². The van der Waals surface area contributed by atoms with Crippen LogP contribution in [0, 0.1) is 11.3 Å². The van der Waals surface area contributed by atoms with Gasteiger partial charge >= 0.3 is 0 Å². The minimum absolute atomic E-state index is 0.0464. The lowest BCUT2D eigenvalue weighted by atomic mass is 9.72. The van der Waals surface area contributed by atoms with Gasteiger partial charge in [0.1, 0.15) is 16.9 Å². The largest absolute Gasteiger partial charge is 0.508 e. The van der Waals surface area contributed by atoms with E-state index in [9.17, 15) is 9.90 Å². The maximum atomic E-state index is 12.8. The molecule has 0 saturated heterocycles. The number of rotatable bonds is 1. The first kappa shape index (κ1) is 17.9. The molecule has 0 fully saturated rings. The molecule has 4 rings (SSSR count). The molecule has 0 spiro atoms. The molecule has 1 aliphatic heterocycles. The second kappa shape index (κ2) is 6.27. The van der Waals surface area contributed by atoms with Crippen molar-refractivity contribution in [1.29, 1.82) is 0 Å². The third-order valence-electron chi connectivity index (χ3n) is 5.57. The predicted molar refractivity (Wildman–Crippen MR) is 109 cm³/mol. The first-order chi connectivity index (χ1) is 12.2. The van der Waals surface area contributed by atoms with E-state index in [1.807, 2.05) is 6.07 Å². The molecule has 26 heavy (non-hydrogen) atoms. The van der Waals surface area contributed by atoms with Gasteiger partial charge in [0.25, 0.3) is 5.91 Å². The lowest BCUT2D eigenvalue weighted by Crippen LogP contribution is -2.38. The van der Waals surface area contributed by atoms with Crippen molar-refractivity contribution in [3.63, 3.8) is 0 Å². The Morgan fingerprint density at radius 3 is 2.77 bits per heavy atom. The Hall–Kier alpha value is -1.53. The summed E-state index contributed by atoms with van der Waals surface area (Å²) in [4.78, 5) is 14.2. The van der Waals surface area contributed by atoms with Crippen LogP contribution < -0.4 is 10.6 Å². The topological polar surface area (TPSA) is 61.4 Å². The number of phenolic OH excluding ortho intramolecular Hbond substituents is 1. The summed E-state index contributed by atoms with van der Waals surface area (Å²) in [6, 6.07) is 5.25. The Bertz CT molecular complexity index is 885. The van der Waals surface area contributed by atoms with Crippen molar-refractivity contribution in [1.82, 2.24) is 5.32 Å². The molecular formula is C20H23BrN2O2S. The third kappa shape index (κ3) is 3.03. The van der Waals surface area contributed by atoms with Gasteiger partial charge in [0.2, 0.25) is 0 Å². The molecule has 1 aliphatic carbocycles. The molecule has 1 aromatic carbocycles. The highest BCUT2D eigenvalue weighted by atomic mass is 79.9. The van der Waals surface area contributed by atoms with E-state index in [1.165, 1.54) is 10.4 Å². The summed E-state index contributed by atoms with van der Waals surface area (Å²) >= 11 is 5.14. The highest BCUT2D eigenvalue weighted by Gasteiger charge is 2.36. The number of anilines is 1. The SMILES string of the molecule is CC(C)(C)C1CCc2c(sc3c2C(=O)NC(c2cc(Br)ccc2O)N3)C1. The summed E-state index contributed by atoms with van der Waals surface area (Å²) in [5.74, 6) is 0.765. The summed E-state index contributed by atoms with van der Waals surface area (Å²) < 4.78 is 0.866. The summed E-state index contributed by atoms with van der Waals surface area (Å²) in [5.41, 5.74) is 2.97. The zero-order chi connectivity index (χ0) is 18.6. The number of halogens is 1. The lowest BCUT2D eigenvalue weighted by Gasteiger charge is -2.34. The quantitative estimate of drug-likeness (QED) is 0.576. The van der Waals surface area contributed by atoms with Crippen LogP contribution in [0.4, 0.5) is 5.00 Å². The third-order valence-corrected chi connectivity index (χ3v) is 7.25. The number of hydrogen-bond donors (Lipinski definition) is 3. The fourth-order valence-electron chi connectivity index (χ4n) is 3.95. The molecule has 138 valence electrons. The molecule has 6 heteroatoms. The monoisotopic (exact) mass is 434 g/mol. The molecule has 4 nitrogen and oxygen atoms in total. The van der Waals surface area contributed by atoms with Gasteiger partial charge in [0, 0.05) is 14.9 Å². The molecule has 3 N–H and O–H groups in total. The van der Waals surface area contributed by atoms with Gasteiger partial charge < -0.3 is 15.7 Å². The van der Waals surface area contributed by atoms with Gasteiger partial charge in [0.15, 0.2) is 0 Å². The average Bonchev–Trinajstić information content (AvgIpc) is 2.94. The summed E-state index contributed by atoms with van der Waals surface area (Å²) in [6.07, 6.45) is 2.71. The van der Waals surface area contributed by atoms with E-state index in [2.05, 4.69) is 47.3 Å². The molecule has 2 aliphatic rings. The molecule has 2 heterocycles. The lowest BCUT2D eigenvalue weighted by molar-refractivity contribution is 0.0934. The highest BCUT2D eigenvalue weighted by molar-refractivity contribution is 9.10. The maximum absolute atomic E-state index is 12.8. The van der Waals surface area contributed by atoms with Crippen molar-refractivity contribution < 1.29 is 9.90 Å². The van der Waals surface area contributed by atoms with Gasteiger partial charge in [-0.05, 0) is 54.4 Å². The molecule has 2 aromatic rings. The van der Waals surface area contributed by atoms with Crippen LogP contribution in [0.5, 0.6) is 5.75 Å². The zero-order valence-electron chi connectivity index (χ0n) is 15.1. The number of hydrogen-bond acceptors (Lipinski definition) is 4. The Labute approximate surface area is 166 Å². The summed E-state index contributed by atoms with van der Waals surface area (Å²) in [5, 5.41) is 17.6. The smallest absolute Gasteiger partial charge is 0.256 e. The van der Waals surface area contributed by atoms with Crippen molar-refractivity contribution in [3.05, 3.63) is 44.2 Å². The Morgan fingerprint density at radius 1 is 1.27 bits per heavy atom. The van der Waals surface area contributed by atoms with Gasteiger partial charge in [-0.2, -0.15) is 0 Å². The molecule has 2 atom stereocenters. The summed E-state index contributed by atoms with van der Waals surface area (Å²) in [6.45, 7) is 6.90. The number of phenols is 1. The van der Waals surface area contributed by atoms with Crippen molar-refractivity contribution in [2.45, 2.75) is 46.2 Å². The van der Waals surface area contributed by atoms with Gasteiger partial charge in [-0.3, -0.25) is 4.79 Å². The Morgan fingerprint density at radius 2 is 2.04 bits per heavy atom. The second-order valence-corrected chi connectivity index (χ2v) is 10.3. The molecule has 1 amide bonds. The normalized spacial score (nSPS) is 22.2. The van der Waals surface area contributed by atoms with Crippen LogP contribution in [0.2, 0.25) is 0 Å². The molecule has 0 bridgehead atoms. The van der Waals surface area contributed by atoms with E-state index in [0.29, 0.717) is 11.5 Å². The van der Waals surface area contributed by atoms with Gasteiger partial charge in [0.05, 0.1) is 5.56 Å². The van der Waals surface area contributed by atoms with E-state index >= 15 is 0 Å². The van der Waals surface area contributed by atoms with Crippen molar-refractivity contribution in [2.75, 3.05) is 5.32 Å². The zero-order valence-corrected chi connectivity index (χ0v) is 17.6. The minimum atomic E-state index is -0.425. The standard InChI is InChI=1S/C20H23BrN2O2S/c1-20(2,3)10-4-6-12-15(8-10)26-19-16(12)18(25)22-17(23-19)13-9-11(21)5-7-14(13)24/h5,7,9-10,17,23-24H,4,6,8H2,1-3H3,(H,22,25). The van der Waals surface area contributed by atoms with Crippen LogP contribution in [0.3, 0.4) is 0 Å². The Balaban J connectivity index is 1.68. The first-order valence-corrected chi connectivity index (χ1v) is 10.6. The van der Waals surface area contributed by atoms with Crippen LogP contribution >= 0.6 is 27.3 Å². The van der Waals surface area contributed by atoms with E-state index in [1.54, 1.807) is 23.5 Å². The van der Waals surface area contributed by atoms with Crippen LogP contribution in [0.25, 0.3) is 0 Å². The van der Waals surface area contributed by atoms with Crippen molar-refractivity contribution in [3.8, 4) is 5.75 Å². The number of aromatic hydroxyl groups is 1. The van der Waals surface area contributed by atoms with Gasteiger partial charge in [-0.25, -0.2) is 0 Å². The minimum Gasteiger partial charge on any atom is -0.508 e. The van der Waals surface area contributed by atoms with Crippen molar-refractivity contribution >= 4 is 38.2 Å². The molecule has 0 saturated carbocycles. The number of benzene rings is 1. The molecule has 2 unspecified atom stereocenters. The Kier molecular flexibility index (Phi) is 4.31. The molecular weight excluding hydrogens is 412 g/mol. The highest BCUT2D eigenvalue weighted by Crippen LogP contribution is 2.46. The number of fused-ring (bicyclic) bond motifs is 3. The van der Waals surface area contributed by atoms with E-state index in [0.717, 1.165) is 34.3 Å². The fourth-order valence-corrected chi connectivity index (χ4v) is 5.68. The van der Waals surface area contributed by atoms with Gasteiger partial charge in [-0.15, -0.1) is 11.3 Å².